The summed E-state index contributed by atoms with van der Waals surface area (Å²) in [5.41, 5.74) is 1.63. The number of nitrogens with zero attached hydrogens (tertiary/aromatic N) is 1. The Kier molecular flexibility index (Phi) is 4.56. The largest absolute Gasteiger partial charge is 0.338 e. The lowest BCUT2D eigenvalue weighted by Crippen LogP contribution is -2.12. The van der Waals surface area contributed by atoms with Crippen molar-refractivity contribution >= 4 is 34.7 Å². The van der Waals surface area contributed by atoms with Crippen LogP contribution in [0, 0.1) is 0 Å². The van der Waals surface area contributed by atoms with Crippen molar-refractivity contribution in [3.8, 4) is 11.1 Å². The van der Waals surface area contributed by atoms with Crippen molar-refractivity contribution in [1.82, 2.24) is 5.16 Å². The number of aryl methyl sites for hydroxylation is 1. The maximum atomic E-state index is 12.0. The van der Waals surface area contributed by atoms with Gasteiger partial charge in [-0.2, -0.15) is 0 Å². The molecule has 0 saturated heterocycles. The molecule has 1 aromatic carbocycles. The van der Waals surface area contributed by atoms with Gasteiger partial charge in [0.1, 0.15) is 0 Å². The molecule has 6 heteroatoms. The van der Waals surface area contributed by atoms with E-state index in [1.165, 1.54) is 4.88 Å². The molecule has 0 aliphatic rings. The van der Waals surface area contributed by atoms with Crippen molar-refractivity contribution in [3.05, 3.63) is 57.9 Å². The molecule has 0 radical (unpaired) electrons. The lowest BCUT2D eigenvalue weighted by molar-refractivity contribution is -0.116. The molecule has 1 amide bonds. The highest BCUT2D eigenvalue weighted by Crippen LogP contribution is 2.28. The van der Waals surface area contributed by atoms with Crippen molar-refractivity contribution in [3.63, 3.8) is 0 Å². The fraction of sp³-hybridized carbons (Fsp3) is 0.125. The number of halogens is 1. The number of rotatable bonds is 5. The van der Waals surface area contributed by atoms with Crippen LogP contribution >= 0.6 is 22.9 Å². The van der Waals surface area contributed by atoms with E-state index in [1.54, 1.807) is 29.7 Å². The fourth-order valence-electron chi connectivity index (χ4n) is 2.05. The van der Waals surface area contributed by atoms with Gasteiger partial charge in [-0.25, -0.2) is 0 Å². The minimum atomic E-state index is -0.0969. The molecule has 3 rings (SSSR count). The second-order valence-corrected chi connectivity index (χ2v) is 6.17. The first-order valence-electron chi connectivity index (χ1n) is 6.75. The Morgan fingerprint density at radius 3 is 2.82 bits per heavy atom. The van der Waals surface area contributed by atoms with Crippen molar-refractivity contribution in [2.75, 3.05) is 5.32 Å². The summed E-state index contributed by atoms with van der Waals surface area (Å²) in [5.74, 6) is 0.263. The van der Waals surface area contributed by atoms with Crippen molar-refractivity contribution < 1.29 is 9.32 Å². The summed E-state index contributed by atoms with van der Waals surface area (Å²) < 4.78 is 5.14. The molecule has 0 fully saturated rings. The highest BCUT2D eigenvalue weighted by molar-refractivity contribution is 7.09. The number of hydrogen-bond donors (Lipinski definition) is 1. The molecule has 4 nitrogen and oxygen atoms in total. The molecule has 112 valence electrons. The van der Waals surface area contributed by atoms with E-state index in [2.05, 4.69) is 10.5 Å². The normalized spacial score (nSPS) is 10.6. The van der Waals surface area contributed by atoms with Gasteiger partial charge in [0, 0.05) is 16.3 Å². The first kappa shape index (κ1) is 14.8. The molecule has 1 N–H and O–H groups in total. The van der Waals surface area contributed by atoms with Crippen LogP contribution in [0.1, 0.15) is 11.3 Å². The van der Waals surface area contributed by atoms with Gasteiger partial charge in [0.25, 0.3) is 0 Å². The number of thiophene rings is 1. The summed E-state index contributed by atoms with van der Waals surface area (Å²) in [6.45, 7) is 0. The van der Waals surface area contributed by atoms with E-state index in [-0.39, 0.29) is 5.91 Å². The zero-order valence-electron chi connectivity index (χ0n) is 11.6. The van der Waals surface area contributed by atoms with E-state index in [1.807, 2.05) is 29.6 Å². The second-order valence-electron chi connectivity index (χ2n) is 4.70. The maximum absolute atomic E-state index is 12.0. The van der Waals surface area contributed by atoms with Crippen LogP contribution in [0.25, 0.3) is 11.1 Å². The van der Waals surface area contributed by atoms with Gasteiger partial charge in [-0.3, -0.25) is 10.1 Å². The zero-order chi connectivity index (χ0) is 15.4. The van der Waals surface area contributed by atoms with Crippen LogP contribution in [0.15, 0.2) is 52.5 Å². The third kappa shape index (κ3) is 3.55. The zero-order valence-corrected chi connectivity index (χ0v) is 13.2. The Labute approximate surface area is 136 Å². The number of benzene rings is 1. The Bertz CT molecular complexity index is 751. The molecular weight excluding hydrogens is 320 g/mol. The molecule has 0 saturated carbocycles. The SMILES string of the molecule is O=C(CCc1cccs1)Nc1oncc1-c1ccc(Cl)cc1. The lowest BCUT2D eigenvalue weighted by Gasteiger charge is -2.04. The van der Waals surface area contributed by atoms with Gasteiger partial charge >= 0.3 is 0 Å². The molecule has 0 unspecified atom stereocenters. The summed E-state index contributed by atoms with van der Waals surface area (Å²) in [6.07, 6.45) is 2.70. The molecule has 22 heavy (non-hydrogen) atoms. The molecule has 0 aliphatic carbocycles. The summed E-state index contributed by atoms with van der Waals surface area (Å²) >= 11 is 7.53. The van der Waals surface area contributed by atoms with E-state index in [9.17, 15) is 4.79 Å². The fourth-order valence-corrected chi connectivity index (χ4v) is 2.88. The molecule has 0 atom stereocenters. The molecule has 0 bridgehead atoms. The topological polar surface area (TPSA) is 55.1 Å². The van der Waals surface area contributed by atoms with E-state index >= 15 is 0 Å². The van der Waals surface area contributed by atoms with Crippen LogP contribution in [0.2, 0.25) is 5.02 Å². The number of carbonyl (C=O) groups is 1. The number of amides is 1. The minimum absolute atomic E-state index is 0.0969. The number of hydrogen-bond acceptors (Lipinski definition) is 4. The van der Waals surface area contributed by atoms with Gasteiger partial charge in [0.15, 0.2) is 0 Å². The van der Waals surface area contributed by atoms with Crippen molar-refractivity contribution in [2.24, 2.45) is 0 Å². The number of nitrogens with one attached hydrogen (secondary N) is 1. The standard InChI is InChI=1S/C16H13ClN2O2S/c17-12-5-3-11(4-6-12)14-10-18-21-16(14)19-15(20)8-7-13-2-1-9-22-13/h1-6,9-10H,7-8H2,(H,19,20). The van der Waals surface area contributed by atoms with Crippen LogP contribution < -0.4 is 5.32 Å². The van der Waals surface area contributed by atoms with Gasteiger partial charge in [0.2, 0.25) is 11.8 Å². The molecule has 2 heterocycles. The quantitative estimate of drug-likeness (QED) is 0.741. The summed E-state index contributed by atoms with van der Waals surface area (Å²) in [5, 5.41) is 9.19. The van der Waals surface area contributed by atoms with E-state index in [4.69, 9.17) is 16.1 Å². The summed E-state index contributed by atoms with van der Waals surface area (Å²) in [7, 11) is 0. The van der Waals surface area contributed by atoms with Crippen LogP contribution in [0.4, 0.5) is 5.88 Å². The van der Waals surface area contributed by atoms with Crippen molar-refractivity contribution in [1.29, 1.82) is 0 Å². The summed E-state index contributed by atoms with van der Waals surface area (Å²) in [4.78, 5) is 13.2. The van der Waals surface area contributed by atoms with E-state index < -0.39 is 0 Å². The average Bonchev–Trinajstić information content (AvgIpc) is 3.17. The number of anilines is 1. The average molecular weight is 333 g/mol. The number of aromatic nitrogens is 1. The third-order valence-electron chi connectivity index (χ3n) is 3.16. The predicted molar refractivity (Wildman–Crippen MR) is 88.2 cm³/mol. The van der Waals surface area contributed by atoms with Crippen LogP contribution in [-0.2, 0) is 11.2 Å². The first-order valence-corrected chi connectivity index (χ1v) is 8.01. The van der Waals surface area contributed by atoms with Crippen LogP contribution in [-0.4, -0.2) is 11.1 Å². The Balaban J connectivity index is 1.67. The van der Waals surface area contributed by atoms with Crippen molar-refractivity contribution in [2.45, 2.75) is 12.8 Å². The molecule has 0 spiro atoms. The molecule has 2 aromatic heterocycles. The second kappa shape index (κ2) is 6.77. The van der Waals surface area contributed by atoms with Gasteiger partial charge in [0.05, 0.1) is 11.8 Å². The smallest absolute Gasteiger partial charge is 0.239 e. The predicted octanol–water partition coefficient (Wildman–Crippen LogP) is 4.63. The van der Waals surface area contributed by atoms with Crippen LogP contribution in [0.3, 0.4) is 0 Å². The Morgan fingerprint density at radius 2 is 2.09 bits per heavy atom. The van der Waals surface area contributed by atoms with Crippen LogP contribution in [0.5, 0.6) is 0 Å². The van der Waals surface area contributed by atoms with E-state index in [0.717, 1.165) is 11.1 Å². The van der Waals surface area contributed by atoms with Gasteiger partial charge < -0.3 is 4.52 Å². The monoisotopic (exact) mass is 332 g/mol. The van der Waals surface area contributed by atoms with Gasteiger partial charge in [-0.1, -0.05) is 35.0 Å². The van der Waals surface area contributed by atoms with E-state index in [0.29, 0.717) is 23.7 Å². The highest BCUT2D eigenvalue weighted by atomic mass is 35.5. The molecular formula is C16H13ClN2O2S. The molecule has 3 aromatic rings. The Hall–Kier alpha value is -2.11. The van der Waals surface area contributed by atoms with Gasteiger partial charge in [-0.15, -0.1) is 11.3 Å². The lowest BCUT2D eigenvalue weighted by atomic mass is 10.1. The number of carbonyl (C=O) groups excluding carboxylic acids is 1. The third-order valence-corrected chi connectivity index (χ3v) is 4.35. The summed E-state index contributed by atoms with van der Waals surface area (Å²) in [6, 6.07) is 11.3. The highest BCUT2D eigenvalue weighted by Gasteiger charge is 2.13. The Morgan fingerprint density at radius 1 is 1.27 bits per heavy atom. The minimum Gasteiger partial charge on any atom is -0.338 e. The first-order chi connectivity index (χ1) is 10.7. The maximum Gasteiger partial charge on any atom is 0.239 e. The van der Waals surface area contributed by atoms with Gasteiger partial charge in [-0.05, 0) is 35.6 Å². The molecule has 0 aliphatic heterocycles.